The number of hydrogen-bond donors (Lipinski definition) is 3. The molecule has 0 aromatic heterocycles. The smallest absolute Gasteiger partial charge is 0.122 e. The summed E-state index contributed by atoms with van der Waals surface area (Å²) in [6, 6.07) is 14.7. The summed E-state index contributed by atoms with van der Waals surface area (Å²) in [6.07, 6.45) is 0. The van der Waals surface area contributed by atoms with Crippen molar-refractivity contribution >= 4 is 5.84 Å². The molecular formula is C15H16N2O2. The van der Waals surface area contributed by atoms with Crippen molar-refractivity contribution in [3.63, 3.8) is 0 Å². The summed E-state index contributed by atoms with van der Waals surface area (Å²) in [5.74, 6) is 0.791. The van der Waals surface area contributed by atoms with Crippen LogP contribution >= 0.6 is 0 Å². The number of nitrogens with two attached hydrogens (primary N) is 1. The van der Waals surface area contributed by atoms with Gasteiger partial charge in [0.25, 0.3) is 0 Å². The summed E-state index contributed by atoms with van der Waals surface area (Å²) in [7, 11) is 0. The molecule has 0 saturated carbocycles. The van der Waals surface area contributed by atoms with Gasteiger partial charge in [0.15, 0.2) is 0 Å². The van der Waals surface area contributed by atoms with Gasteiger partial charge >= 0.3 is 0 Å². The largest absolute Gasteiger partial charge is 0.489 e. The molecule has 0 aliphatic heterocycles. The molecule has 0 unspecified atom stereocenters. The SMILES string of the molecule is N=C(N)c1cccc(COc2ccc(CO)cc2)c1. The number of benzene rings is 2. The third-order valence-corrected chi connectivity index (χ3v) is 2.75. The summed E-state index contributed by atoms with van der Waals surface area (Å²) in [5.41, 5.74) is 7.94. The first-order valence-corrected chi connectivity index (χ1v) is 5.95. The Hall–Kier alpha value is -2.33. The Kier molecular flexibility index (Phi) is 4.15. The van der Waals surface area contributed by atoms with Gasteiger partial charge in [-0.15, -0.1) is 0 Å². The van der Waals surface area contributed by atoms with Crippen LogP contribution in [0.5, 0.6) is 5.75 Å². The molecule has 0 bridgehead atoms. The lowest BCUT2D eigenvalue weighted by molar-refractivity contribution is 0.280. The van der Waals surface area contributed by atoms with Crippen molar-refractivity contribution in [3.8, 4) is 5.75 Å². The fourth-order valence-electron chi connectivity index (χ4n) is 1.69. The highest BCUT2D eigenvalue weighted by atomic mass is 16.5. The van der Waals surface area contributed by atoms with Crippen LogP contribution in [0.15, 0.2) is 48.5 Å². The van der Waals surface area contributed by atoms with Gasteiger partial charge in [-0.1, -0.05) is 30.3 Å². The molecule has 0 aliphatic carbocycles. The van der Waals surface area contributed by atoms with Crippen molar-refractivity contribution in [1.82, 2.24) is 0 Å². The monoisotopic (exact) mass is 256 g/mol. The van der Waals surface area contributed by atoms with Crippen LogP contribution in [0.4, 0.5) is 0 Å². The zero-order chi connectivity index (χ0) is 13.7. The van der Waals surface area contributed by atoms with Crippen LogP contribution in [0, 0.1) is 5.41 Å². The zero-order valence-electron chi connectivity index (χ0n) is 10.5. The zero-order valence-corrected chi connectivity index (χ0v) is 10.5. The van der Waals surface area contributed by atoms with E-state index in [1.165, 1.54) is 0 Å². The van der Waals surface area contributed by atoms with Crippen LogP contribution in [0.2, 0.25) is 0 Å². The molecule has 0 amide bonds. The molecule has 4 N–H and O–H groups in total. The lowest BCUT2D eigenvalue weighted by atomic mass is 10.1. The number of nitrogen functional groups attached to an aromatic ring is 1. The van der Waals surface area contributed by atoms with Crippen LogP contribution in [-0.2, 0) is 13.2 Å². The van der Waals surface area contributed by atoms with Gasteiger partial charge in [-0.05, 0) is 29.3 Å². The molecule has 2 rings (SSSR count). The van der Waals surface area contributed by atoms with Gasteiger partial charge in [0.1, 0.15) is 18.2 Å². The van der Waals surface area contributed by atoms with E-state index >= 15 is 0 Å². The van der Waals surface area contributed by atoms with E-state index in [4.69, 9.17) is 21.0 Å². The van der Waals surface area contributed by atoms with Gasteiger partial charge in [0.05, 0.1) is 6.61 Å². The van der Waals surface area contributed by atoms with Crippen molar-refractivity contribution < 1.29 is 9.84 Å². The Morgan fingerprint density at radius 1 is 1.11 bits per heavy atom. The molecule has 0 atom stereocenters. The van der Waals surface area contributed by atoms with E-state index in [-0.39, 0.29) is 12.4 Å². The predicted octanol–water partition coefficient (Wildman–Crippen LogP) is 2.04. The number of hydrogen-bond acceptors (Lipinski definition) is 3. The summed E-state index contributed by atoms with van der Waals surface area (Å²) in [5, 5.41) is 16.3. The van der Waals surface area contributed by atoms with Crippen LogP contribution in [0.25, 0.3) is 0 Å². The summed E-state index contributed by atoms with van der Waals surface area (Å²) < 4.78 is 5.63. The number of aliphatic hydroxyl groups is 1. The molecule has 0 aliphatic rings. The number of nitrogens with one attached hydrogen (secondary N) is 1. The molecule has 0 fully saturated rings. The van der Waals surface area contributed by atoms with Gasteiger partial charge in [-0.2, -0.15) is 0 Å². The van der Waals surface area contributed by atoms with Gasteiger partial charge in [-0.25, -0.2) is 0 Å². The third-order valence-electron chi connectivity index (χ3n) is 2.75. The van der Waals surface area contributed by atoms with E-state index in [2.05, 4.69) is 0 Å². The average molecular weight is 256 g/mol. The van der Waals surface area contributed by atoms with Crippen LogP contribution < -0.4 is 10.5 Å². The Bertz CT molecular complexity index is 565. The first-order chi connectivity index (χ1) is 9.19. The number of aliphatic hydroxyl groups excluding tert-OH is 1. The summed E-state index contributed by atoms with van der Waals surface area (Å²) in [6.45, 7) is 0.445. The maximum absolute atomic E-state index is 8.95. The van der Waals surface area contributed by atoms with Gasteiger partial charge in [0.2, 0.25) is 0 Å². The first kappa shape index (κ1) is 13.1. The molecule has 19 heavy (non-hydrogen) atoms. The van der Waals surface area contributed by atoms with E-state index in [1.54, 1.807) is 6.07 Å². The molecule has 2 aromatic rings. The van der Waals surface area contributed by atoms with Crippen molar-refractivity contribution in [2.45, 2.75) is 13.2 Å². The van der Waals surface area contributed by atoms with Crippen LogP contribution in [0.3, 0.4) is 0 Å². The highest BCUT2D eigenvalue weighted by Crippen LogP contribution is 2.14. The third kappa shape index (κ3) is 3.56. The summed E-state index contributed by atoms with van der Waals surface area (Å²) in [4.78, 5) is 0. The fraction of sp³-hybridized carbons (Fsp3) is 0.133. The maximum Gasteiger partial charge on any atom is 0.122 e. The van der Waals surface area contributed by atoms with E-state index in [9.17, 15) is 0 Å². The van der Waals surface area contributed by atoms with Crippen LogP contribution in [-0.4, -0.2) is 10.9 Å². The fourth-order valence-corrected chi connectivity index (χ4v) is 1.69. The van der Waals surface area contributed by atoms with E-state index in [1.807, 2.05) is 42.5 Å². The molecule has 4 nitrogen and oxygen atoms in total. The molecular weight excluding hydrogens is 240 g/mol. The molecule has 0 spiro atoms. The molecule has 2 aromatic carbocycles. The van der Waals surface area contributed by atoms with E-state index in [0.717, 1.165) is 16.9 Å². The number of rotatable bonds is 5. The Morgan fingerprint density at radius 2 is 1.84 bits per heavy atom. The summed E-state index contributed by atoms with van der Waals surface area (Å²) >= 11 is 0. The second-order valence-electron chi connectivity index (χ2n) is 4.20. The number of amidine groups is 1. The minimum absolute atomic E-state index is 0.0287. The average Bonchev–Trinajstić information content (AvgIpc) is 2.46. The Morgan fingerprint density at radius 3 is 2.47 bits per heavy atom. The molecule has 98 valence electrons. The normalized spacial score (nSPS) is 10.2. The Balaban J connectivity index is 2.01. The maximum atomic E-state index is 8.95. The van der Waals surface area contributed by atoms with Gasteiger partial charge in [-0.3, -0.25) is 5.41 Å². The van der Waals surface area contributed by atoms with Gasteiger partial charge < -0.3 is 15.6 Å². The molecule has 4 heteroatoms. The minimum atomic E-state index is 0.0287. The molecule has 0 saturated heterocycles. The standard InChI is InChI=1S/C15H16N2O2/c16-15(17)13-3-1-2-12(8-13)10-19-14-6-4-11(9-18)5-7-14/h1-8,18H,9-10H2,(H3,16,17). The topological polar surface area (TPSA) is 79.3 Å². The van der Waals surface area contributed by atoms with E-state index in [0.29, 0.717) is 12.2 Å². The predicted molar refractivity (Wildman–Crippen MR) is 74.2 cm³/mol. The van der Waals surface area contributed by atoms with Gasteiger partial charge in [0, 0.05) is 5.56 Å². The quantitative estimate of drug-likeness (QED) is 0.565. The molecule has 0 heterocycles. The van der Waals surface area contributed by atoms with Crippen molar-refractivity contribution in [1.29, 1.82) is 5.41 Å². The molecule has 0 radical (unpaired) electrons. The lowest BCUT2D eigenvalue weighted by Gasteiger charge is -2.08. The first-order valence-electron chi connectivity index (χ1n) is 5.95. The van der Waals surface area contributed by atoms with E-state index < -0.39 is 0 Å². The van der Waals surface area contributed by atoms with Crippen molar-refractivity contribution in [2.75, 3.05) is 0 Å². The van der Waals surface area contributed by atoms with Crippen LogP contribution in [0.1, 0.15) is 16.7 Å². The van der Waals surface area contributed by atoms with Crippen molar-refractivity contribution in [3.05, 3.63) is 65.2 Å². The number of ether oxygens (including phenoxy) is 1. The second-order valence-corrected chi connectivity index (χ2v) is 4.20. The second kappa shape index (κ2) is 6.02. The lowest BCUT2D eigenvalue weighted by Crippen LogP contribution is -2.11. The van der Waals surface area contributed by atoms with Crippen molar-refractivity contribution in [2.24, 2.45) is 5.73 Å². The highest BCUT2D eigenvalue weighted by Gasteiger charge is 2.00. The minimum Gasteiger partial charge on any atom is -0.489 e. The highest BCUT2D eigenvalue weighted by molar-refractivity contribution is 5.95. The Labute approximate surface area is 112 Å².